The normalized spacial score (nSPS) is 16.0. The third kappa shape index (κ3) is 4.54. The van der Waals surface area contributed by atoms with E-state index < -0.39 is 18.0 Å². The molecule has 0 aromatic heterocycles. The fourth-order valence-electron chi connectivity index (χ4n) is 3.10. The van der Waals surface area contributed by atoms with Gasteiger partial charge in [-0.3, -0.25) is 0 Å². The van der Waals surface area contributed by atoms with Crippen molar-refractivity contribution < 1.29 is 23.8 Å². The van der Waals surface area contributed by atoms with Crippen molar-refractivity contribution in [2.75, 3.05) is 14.2 Å². The van der Waals surface area contributed by atoms with Gasteiger partial charge in [0.2, 0.25) is 0 Å². The molecule has 0 fully saturated rings. The molecular weight excluding hydrogens is 440 g/mol. The third-order valence-electron chi connectivity index (χ3n) is 4.49. The maximum Gasteiger partial charge on any atom is 0.337 e. The van der Waals surface area contributed by atoms with Crippen molar-refractivity contribution in [3.8, 4) is 11.5 Å². The number of rotatable bonds is 6. The first-order chi connectivity index (χ1) is 13.9. The monoisotopic (exact) mass is 460 g/mol. The van der Waals surface area contributed by atoms with E-state index in [1.807, 2.05) is 30.3 Å². The Balaban J connectivity index is 1.96. The van der Waals surface area contributed by atoms with Crippen molar-refractivity contribution in [2.45, 2.75) is 19.6 Å². The largest absolute Gasteiger partial charge is 0.493 e. The Hall–Kier alpha value is -3.00. The second-order valence-electron chi connectivity index (χ2n) is 6.37. The van der Waals surface area contributed by atoms with E-state index in [1.54, 1.807) is 19.1 Å². The summed E-state index contributed by atoms with van der Waals surface area (Å²) in [6, 6.07) is 12.2. The van der Waals surface area contributed by atoms with Gasteiger partial charge in [0.25, 0.3) is 0 Å². The Morgan fingerprint density at radius 1 is 1.17 bits per heavy atom. The summed E-state index contributed by atoms with van der Waals surface area (Å²) in [7, 11) is 2.83. The van der Waals surface area contributed by atoms with Gasteiger partial charge in [0.1, 0.15) is 6.61 Å². The zero-order valence-corrected chi connectivity index (χ0v) is 17.8. The molecule has 2 N–H and O–H groups in total. The fourth-order valence-corrected chi connectivity index (χ4v) is 3.67. The highest BCUT2D eigenvalue weighted by Gasteiger charge is 2.33. The van der Waals surface area contributed by atoms with Crippen LogP contribution in [0, 0.1) is 0 Å². The van der Waals surface area contributed by atoms with Crippen molar-refractivity contribution in [1.82, 2.24) is 10.6 Å². The van der Waals surface area contributed by atoms with E-state index in [0.717, 1.165) is 5.56 Å². The second-order valence-corrected chi connectivity index (χ2v) is 7.22. The van der Waals surface area contributed by atoms with Crippen LogP contribution in [-0.2, 0) is 16.1 Å². The second kappa shape index (κ2) is 9.00. The van der Waals surface area contributed by atoms with Crippen molar-refractivity contribution >= 4 is 27.9 Å². The summed E-state index contributed by atoms with van der Waals surface area (Å²) in [6.45, 7) is 2.02. The number of urea groups is 1. The summed E-state index contributed by atoms with van der Waals surface area (Å²) in [5, 5.41) is 5.36. The molecule has 0 radical (unpaired) electrons. The molecule has 2 aromatic rings. The van der Waals surface area contributed by atoms with E-state index >= 15 is 0 Å². The summed E-state index contributed by atoms with van der Waals surface area (Å²) < 4.78 is 17.0. The van der Waals surface area contributed by atoms with Gasteiger partial charge in [0.05, 0.1) is 30.3 Å². The summed E-state index contributed by atoms with van der Waals surface area (Å²) >= 11 is 3.52. The standard InChI is InChI=1S/C21H21BrN2O5/c1-12-17(20(25)28-3)18(24-21(26)23-12)14-9-15(22)19(16(10-14)27-2)29-11-13-7-5-4-6-8-13/h4-10,18H,11H2,1-3H3,(H2,23,24,26). The Bertz CT molecular complexity index is 959. The molecule has 1 heterocycles. The number of benzene rings is 2. The molecule has 29 heavy (non-hydrogen) atoms. The van der Waals surface area contributed by atoms with Crippen LogP contribution in [0.25, 0.3) is 0 Å². The van der Waals surface area contributed by atoms with Crippen LogP contribution in [0.1, 0.15) is 24.1 Å². The molecule has 0 bridgehead atoms. The van der Waals surface area contributed by atoms with Crippen molar-refractivity contribution in [2.24, 2.45) is 0 Å². The number of hydrogen-bond donors (Lipinski definition) is 2. The highest BCUT2D eigenvalue weighted by atomic mass is 79.9. The van der Waals surface area contributed by atoms with E-state index in [2.05, 4.69) is 26.6 Å². The van der Waals surface area contributed by atoms with Gasteiger partial charge in [-0.2, -0.15) is 0 Å². The number of ether oxygens (including phenoxy) is 3. The lowest BCUT2D eigenvalue weighted by molar-refractivity contribution is -0.136. The number of methoxy groups -OCH3 is 2. The van der Waals surface area contributed by atoms with Crippen LogP contribution in [0.2, 0.25) is 0 Å². The van der Waals surface area contributed by atoms with Crippen LogP contribution in [0.3, 0.4) is 0 Å². The first-order valence-electron chi connectivity index (χ1n) is 8.85. The Morgan fingerprint density at radius 2 is 1.90 bits per heavy atom. The lowest BCUT2D eigenvalue weighted by Gasteiger charge is -2.28. The van der Waals surface area contributed by atoms with E-state index in [0.29, 0.717) is 39.4 Å². The molecule has 2 amide bonds. The minimum Gasteiger partial charge on any atom is -0.493 e. The minimum absolute atomic E-state index is 0.319. The highest BCUT2D eigenvalue weighted by molar-refractivity contribution is 9.10. The predicted octanol–water partition coefficient (Wildman–Crippen LogP) is 3.84. The number of nitrogens with one attached hydrogen (secondary N) is 2. The SMILES string of the molecule is COC(=O)C1=C(C)NC(=O)NC1c1cc(Br)c(OCc2ccccc2)c(OC)c1. The number of hydrogen-bond acceptors (Lipinski definition) is 5. The van der Waals surface area contributed by atoms with Gasteiger partial charge in [-0.05, 0) is 46.1 Å². The number of carbonyl (C=O) groups excluding carboxylic acids is 2. The lowest BCUT2D eigenvalue weighted by Crippen LogP contribution is -2.45. The maximum atomic E-state index is 12.3. The molecule has 1 aliphatic heterocycles. The van der Waals surface area contributed by atoms with Crippen LogP contribution in [0.15, 0.2) is 58.2 Å². The van der Waals surface area contributed by atoms with Gasteiger partial charge < -0.3 is 24.8 Å². The van der Waals surface area contributed by atoms with Crippen LogP contribution >= 0.6 is 15.9 Å². The van der Waals surface area contributed by atoms with Crippen LogP contribution < -0.4 is 20.1 Å². The van der Waals surface area contributed by atoms with E-state index in [9.17, 15) is 9.59 Å². The molecule has 8 heteroatoms. The van der Waals surface area contributed by atoms with E-state index in [1.165, 1.54) is 14.2 Å². The van der Waals surface area contributed by atoms with Crippen molar-refractivity contribution in [3.63, 3.8) is 0 Å². The number of halogens is 1. The molecule has 152 valence electrons. The summed E-state index contributed by atoms with van der Waals surface area (Å²) in [5.74, 6) is 0.472. The summed E-state index contributed by atoms with van der Waals surface area (Å²) in [4.78, 5) is 24.3. The van der Waals surface area contributed by atoms with Crippen molar-refractivity contribution in [3.05, 3.63) is 69.3 Å². The molecular formula is C21H21BrN2O5. The highest BCUT2D eigenvalue weighted by Crippen LogP contribution is 2.40. The fraction of sp³-hybridized carbons (Fsp3) is 0.238. The number of carbonyl (C=O) groups is 2. The molecule has 0 saturated heterocycles. The van der Waals surface area contributed by atoms with E-state index in [4.69, 9.17) is 14.2 Å². The Labute approximate surface area is 177 Å². The molecule has 0 spiro atoms. The zero-order chi connectivity index (χ0) is 21.0. The van der Waals surface area contributed by atoms with E-state index in [-0.39, 0.29) is 0 Å². The molecule has 7 nitrogen and oxygen atoms in total. The third-order valence-corrected chi connectivity index (χ3v) is 5.07. The number of amides is 2. The number of allylic oxidation sites excluding steroid dienone is 1. The average molecular weight is 461 g/mol. The van der Waals surface area contributed by atoms with Gasteiger partial charge in [-0.15, -0.1) is 0 Å². The molecule has 0 saturated carbocycles. The zero-order valence-electron chi connectivity index (χ0n) is 16.2. The van der Waals surface area contributed by atoms with Crippen molar-refractivity contribution in [1.29, 1.82) is 0 Å². The van der Waals surface area contributed by atoms with Gasteiger partial charge in [-0.1, -0.05) is 30.3 Å². The van der Waals surface area contributed by atoms with Crippen LogP contribution in [-0.4, -0.2) is 26.2 Å². The maximum absolute atomic E-state index is 12.3. The Kier molecular flexibility index (Phi) is 6.43. The predicted molar refractivity (Wildman–Crippen MR) is 111 cm³/mol. The quantitative estimate of drug-likeness (QED) is 0.639. The summed E-state index contributed by atoms with van der Waals surface area (Å²) in [6.07, 6.45) is 0. The molecule has 1 unspecified atom stereocenters. The van der Waals surface area contributed by atoms with Gasteiger partial charge in [0.15, 0.2) is 11.5 Å². The molecule has 3 rings (SSSR count). The number of esters is 1. The van der Waals surface area contributed by atoms with Crippen LogP contribution in [0.5, 0.6) is 11.5 Å². The van der Waals surface area contributed by atoms with Crippen LogP contribution in [0.4, 0.5) is 4.79 Å². The smallest absolute Gasteiger partial charge is 0.337 e. The van der Waals surface area contributed by atoms with Gasteiger partial charge in [-0.25, -0.2) is 9.59 Å². The van der Waals surface area contributed by atoms with Gasteiger partial charge >= 0.3 is 12.0 Å². The molecule has 0 aliphatic carbocycles. The minimum atomic E-state index is -0.690. The average Bonchev–Trinajstić information content (AvgIpc) is 2.72. The molecule has 1 aliphatic rings. The first kappa shape index (κ1) is 20.7. The first-order valence-corrected chi connectivity index (χ1v) is 9.64. The molecule has 1 atom stereocenters. The summed E-state index contributed by atoms with van der Waals surface area (Å²) in [5.41, 5.74) is 2.42. The molecule has 2 aromatic carbocycles. The topological polar surface area (TPSA) is 85.9 Å². The lowest BCUT2D eigenvalue weighted by atomic mass is 9.95. The Morgan fingerprint density at radius 3 is 2.55 bits per heavy atom. The van der Waals surface area contributed by atoms with Gasteiger partial charge in [0, 0.05) is 5.70 Å².